The lowest BCUT2D eigenvalue weighted by Gasteiger charge is -2.26. The summed E-state index contributed by atoms with van der Waals surface area (Å²) in [6, 6.07) is 0. The first-order chi connectivity index (χ1) is 7.08. The van der Waals surface area contributed by atoms with Crippen LogP contribution in [0.1, 0.15) is 6.92 Å². The van der Waals surface area contributed by atoms with E-state index in [0.717, 1.165) is 0 Å². The number of carbonyl (C=O) groups is 2. The van der Waals surface area contributed by atoms with Crippen molar-refractivity contribution in [3.63, 3.8) is 0 Å². The van der Waals surface area contributed by atoms with Crippen molar-refractivity contribution >= 4 is 11.9 Å². The molecule has 0 saturated carbocycles. The van der Waals surface area contributed by atoms with Gasteiger partial charge < -0.3 is 19.1 Å². The van der Waals surface area contributed by atoms with Gasteiger partial charge in [0.25, 0.3) is 5.91 Å². The number of ether oxygens (including phenoxy) is 3. The third-order valence-electron chi connectivity index (χ3n) is 2.46. The molecule has 1 amide bonds. The van der Waals surface area contributed by atoms with E-state index in [-0.39, 0.29) is 18.5 Å². The van der Waals surface area contributed by atoms with E-state index in [9.17, 15) is 9.59 Å². The smallest absolute Gasteiger partial charge is 0.302 e. The third-order valence-corrected chi connectivity index (χ3v) is 2.46. The molecule has 2 rings (SSSR count). The van der Waals surface area contributed by atoms with E-state index in [4.69, 9.17) is 14.2 Å². The highest BCUT2D eigenvalue weighted by molar-refractivity contribution is 5.82. The molecule has 2 aliphatic rings. The van der Waals surface area contributed by atoms with E-state index in [1.54, 1.807) is 11.9 Å². The molecule has 0 spiro atoms. The molecule has 2 bridgehead atoms. The lowest BCUT2D eigenvalue weighted by Crippen LogP contribution is -2.47. The van der Waals surface area contributed by atoms with Gasteiger partial charge in [0.2, 0.25) is 0 Å². The Hall–Kier alpha value is -1.14. The van der Waals surface area contributed by atoms with Crippen LogP contribution in [0.3, 0.4) is 0 Å². The van der Waals surface area contributed by atoms with Gasteiger partial charge in [-0.25, -0.2) is 0 Å². The predicted octanol–water partition coefficient (Wildman–Crippen LogP) is -0.868. The van der Waals surface area contributed by atoms with Crippen LogP contribution in [0.25, 0.3) is 0 Å². The van der Waals surface area contributed by atoms with Gasteiger partial charge in [-0.1, -0.05) is 0 Å². The van der Waals surface area contributed by atoms with Gasteiger partial charge in [0.15, 0.2) is 12.4 Å². The Kier molecular flexibility index (Phi) is 2.62. The van der Waals surface area contributed by atoms with Crippen LogP contribution >= 0.6 is 0 Å². The lowest BCUT2D eigenvalue weighted by atomic mass is 10.2. The molecule has 6 heteroatoms. The molecular weight excluding hydrogens is 202 g/mol. The second-order valence-corrected chi connectivity index (χ2v) is 3.68. The summed E-state index contributed by atoms with van der Waals surface area (Å²) in [5.41, 5.74) is 0. The van der Waals surface area contributed by atoms with Crippen LogP contribution in [0.15, 0.2) is 0 Å². The average molecular weight is 215 g/mol. The molecule has 0 aromatic carbocycles. The summed E-state index contributed by atoms with van der Waals surface area (Å²) >= 11 is 0. The van der Waals surface area contributed by atoms with Gasteiger partial charge in [-0.2, -0.15) is 0 Å². The molecule has 0 aromatic heterocycles. The van der Waals surface area contributed by atoms with Crippen molar-refractivity contribution in [3.8, 4) is 0 Å². The Bertz CT molecular complexity index is 292. The topological polar surface area (TPSA) is 65.1 Å². The van der Waals surface area contributed by atoms with Crippen LogP contribution in [0, 0.1) is 0 Å². The molecule has 0 radical (unpaired) electrons. The molecule has 0 aliphatic carbocycles. The fraction of sp³-hybridized carbons (Fsp3) is 0.778. The van der Waals surface area contributed by atoms with E-state index in [1.807, 2.05) is 0 Å². The fourth-order valence-corrected chi connectivity index (χ4v) is 1.71. The fourth-order valence-electron chi connectivity index (χ4n) is 1.71. The normalized spacial score (nSPS) is 34.4. The summed E-state index contributed by atoms with van der Waals surface area (Å²) in [5.74, 6) is -0.512. The standard InChI is InChI=1S/C9H13NO5/c1-5(11)13-4-6-8-9(12)10(2)3-7(14-6)15-8/h6-8H,3-4H2,1-2H3/t6-,7+,8+/m0/s1. The molecule has 2 fully saturated rings. The van der Waals surface area contributed by atoms with Gasteiger partial charge in [-0.15, -0.1) is 0 Å². The lowest BCUT2D eigenvalue weighted by molar-refractivity contribution is -0.159. The Morgan fingerprint density at radius 1 is 1.60 bits per heavy atom. The van der Waals surface area contributed by atoms with Crippen molar-refractivity contribution < 1.29 is 23.8 Å². The van der Waals surface area contributed by atoms with Gasteiger partial charge in [0, 0.05) is 14.0 Å². The zero-order chi connectivity index (χ0) is 11.0. The van der Waals surface area contributed by atoms with Gasteiger partial charge in [-0.05, 0) is 0 Å². The largest absolute Gasteiger partial charge is 0.463 e. The number of hydrogen-bond donors (Lipinski definition) is 0. The highest BCUT2D eigenvalue weighted by Crippen LogP contribution is 2.26. The summed E-state index contributed by atoms with van der Waals surface area (Å²) in [6.07, 6.45) is -1.50. The highest BCUT2D eigenvalue weighted by Gasteiger charge is 2.47. The second kappa shape index (κ2) is 3.79. The molecule has 2 heterocycles. The number of fused-ring (bicyclic) bond motifs is 2. The minimum absolute atomic E-state index is 0.0656. The van der Waals surface area contributed by atoms with Crippen LogP contribution in [0.2, 0.25) is 0 Å². The maximum Gasteiger partial charge on any atom is 0.302 e. The number of morpholine rings is 1. The van der Waals surface area contributed by atoms with Crippen LogP contribution in [-0.2, 0) is 23.8 Å². The molecule has 6 nitrogen and oxygen atoms in total. The quantitative estimate of drug-likeness (QED) is 0.560. The second-order valence-electron chi connectivity index (χ2n) is 3.68. The number of nitrogens with zero attached hydrogens (tertiary/aromatic N) is 1. The average Bonchev–Trinajstić information content (AvgIpc) is 2.51. The number of esters is 1. The van der Waals surface area contributed by atoms with Crippen molar-refractivity contribution in [1.82, 2.24) is 4.90 Å². The highest BCUT2D eigenvalue weighted by atomic mass is 16.7. The van der Waals surface area contributed by atoms with Gasteiger partial charge in [0.05, 0.1) is 6.54 Å². The zero-order valence-corrected chi connectivity index (χ0v) is 8.63. The van der Waals surface area contributed by atoms with E-state index < -0.39 is 18.5 Å². The van der Waals surface area contributed by atoms with Crippen LogP contribution in [-0.4, -0.2) is 55.5 Å². The Labute approximate surface area is 87.1 Å². The molecule has 0 N–H and O–H groups in total. The molecular formula is C9H13NO5. The molecule has 2 aliphatic heterocycles. The van der Waals surface area contributed by atoms with E-state index in [0.29, 0.717) is 6.54 Å². The first-order valence-electron chi connectivity index (χ1n) is 4.77. The van der Waals surface area contributed by atoms with Crippen LogP contribution in [0.5, 0.6) is 0 Å². The molecule has 3 atom stereocenters. The van der Waals surface area contributed by atoms with Gasteiger partial charge in [-0.3, -0.25) is 9.59 Å². The molecule has 15 heavy (non-hydrogen) atoms. The van der Waals surface area contributed by atoms with Crippen molar-refractivity contribution in [2.24, 2.45) is 0 Å². The van der Waals surface area contributed by atoms with Crippen LogP contribution in [0.4, 0.5) is 0 Å². The molecule has 0 unspecified atom stereocenters. The molecule has 2 saturated heterocycles. The molecule has 0 aromatic rings. The number of rotatable bonds is 2. The summed E-state index contributed by atoms with van der Waals surface area (Å²) in [4.78, 5) is 23.8. The third kappa shape index (κ3) is 1.95. The minimum atomic E-state index is -0.631. The van der Waals surface area contributed by atoms with Crippen molar-refractivity contribution in [1.29, 1.82) is 0 Å². The van der Waals surface area contributed by atoms with Gasteiger partial charge >= 0.3 is 5.97 Å². The number of hydrogen-bond acceptors (Lipinski definition) is 5. The zero-order valence-electron chi connectivity index (χ0n) is 8.63. The summed E-state index contributed by atoms with van der Waals surface area (Å²) in [7, 11) is 1.70. The minimum Gasteiger partial charge on any atom is -0.463 e. The maximum absolute atomic E-state index is 11.6. The number of carbonyl (C=O) groups excluding carboxylic acids is 2. The first kappa shape index (κ1) is 10.4. The first-order valence-corrected chi connectivity index (χ1v) is 4.77. The van der Waals surface area contributed by atoms with Crippen LogP contribution < -0.4 is 0 Å². The maximum atomic E-state index is 11.6. The van der Waals surface area contributed by atoms with Crippen molar-refractivity contribution in [2.45, 2.75) is 25.4 Å². The van der Waals surface area contributed by atoms with E-state index >= 15 is 0 Å². The Morgan fingerprint density at radius 2 is 2.33 bits per heavy atom. The predicted molar refractivity (Wildman–Crippen MR) is 47.8 cm³/mol. The summed E-state index contributed by atoms with van der Waals surface area (Å²) in [5, 5.41) is 0. The summed E-state index contributed by atoms with van der Waals surface area (Å²) < 4.78 is 15.5. The summed E-state index contributed by atoms with van der Waals surface area (Å²) in [6.45, 7) is 1.80. The van der Waals surface area contributed by atoms with Gasteiger partial charge in [0.1, 0.15) is 12.7 Å². The SMILES string of the molecule is CC(=O)OC[C@@H]1O[C@H]2CN(C)C(=O)[C@@H]1O2. The van der Waals surface area contributed by atoms with E-state index in [2.05, 4.69) is 0 Å². The number of likely N-dealkylation sites (N-methyl/N-ethyl adjacent to an activating group) is 1. The Morgan fingerprint density at radius 3 is 3.00 bits per heavy atom. The number of amides is 1. The monoisotopic (exact) mass is 215 g/mol. The van der Waals surface area contributed by atoms with Crippen molar-refractivity contribution in [3.05, 3.63) is 0 Å². The van der Waals surface area contributed by atoms with Crippen molar-refractivity contribution in [2.75, 3.05) is 20.2 Å². The Balaban J connectivity index is 1.98. The molecule has 84 valence electrons. The van der Waals surface area contributed by atoms with E-state index in [1.165, 1.54) is 6.92 Å².